The van der Waals surface area contributed by atoms with Gasteiger partial charge >= 0.3 is 0 Å². The number of hydrogen-bond donors (Lipinski definition) is 0. The van der Waals surface area contributed by atoms with Crippen LogP contribution in [0.15, 0.2) is 18.3 Å². The van der Waals surface area contributed by atoms with E-state index in [4.69, 9.17) is 0 Å². The molecule has 0 aliphatic rings. The number of fused-ring (bicyclic) bond motifs is 1. The van der Waals surface area contributed by atoms with E-state index in [1.54, 1.807) is 18.3 Å². The zero-order valence-electron chi connectivity index (χ0n) is 9.42. The number of aromatic nitrogens is 3. The molecular formula is C11H14N4O. The molecular weight excluding hydrogens is 204 g/mol. The Morgan fingerprint density at radius 3 is 2.88 bits per heavy atom. The summed E-state index contributed by atoms with van der Waals surface area (Å²) in [5, 5.41) is 8.16. The Labute approximate surface area is 93.7 Å². The highest BCUT2D eigenvalue weighted by Crippen LogP contribution is 2.06. The van der Waals surface area contributed by atoms with Crippen molar-refractivity contribution in [1.29, 1.82) is 0 Å². The van der Waals surface area contributed by atoms with Gasteiger partial charge in [-0.2, -0.15) is 0 Å². The number of rotatable bonds is 4. The molecule has 0 aliphatic carbocycles. The number of hydrogen-bond acceptors (Lipinski definition) is 4. The van der Waals surface area contributed by atoms with Crippen molar-refractivity contribution < 1.29 is 4.79 Å². The SMILES string of the molecule is CN(C)CCc1nnc2ccc(C=O)cn12. The molecule has 2 aromatic rings. The third kappa shape index (κ3) is 2.09. The number of carbonyl (C=O) groups is 1. The van der Waals surface area contributed by atoms with Gasteiger partial charge in [-0.05, 0) is 26.2 Å². The molecule has 0 radical (unpaired) electrons. The Bertz CT molecular complexity index is 504. The minimum Gasteiger partial charge on any atom is -0.309 e. The molecule has 0 aromatic carbocycles. The minimum absolute atomic E-state index is 0.637. The molecule has 0 unspecified atom stereocenters. The third-order valence-corrected chi connectivity index (χ3v) is 2.41. The Hall–Kier alpha value is -1.75. The molecule has 2 rings (SSSR count). The van der Waals surface area contributed by atoms with Gasteiger partial charge in [0.25, 0.3) is 0 Å². The Kier molecular flexibility index (Phi) is 2.96. The van der Waals surface area contributed by atoms with Crippen LogP contribution in [0.1, 0.15) is 16.2 Å². The van der Waals surface area contributed by atoms with E-state index >= 15 is 0 Å². The molecule has 2 aromatic heterocycles. The second kappa shape index (κ2) is 4.40. The lowest BCUT2D eigenvalue weighted by molar-refractivity contribution is 0.112. The van der Waals surface area contributed by atoms with E-state index in [0.717, 1.165) is 30.7 Å². The maximum atomic E-state index is 10.7. The van der Waals surface area contributed by atoms with Crippen LogP contribution in [0, 0.1) is 0 Å². The number of aldehydes is 1. The van der Waals surface area contributed by atoms with Crippen LogP contribution in [0.3, 0.4) is 0 Å². The van der Waals surface area contributed by atoms with Gasteiger partial charge < -0.3 is 4.90 Å². The fourth-order valence-corrected chi connectivity index (χ4v) is 1.52. The maximum Gasteiger partial charge on any atom is 0.160 e. The van der Waals surface area contributed by atoms with Crippen LogP contribution in [-0.4, -0.2) is 46.4 Å². The molecule has 0 bridgehead atoms. The summed E-state index contributed by atoms with van der Waals surface area (Å²) in [6.45, 7) is 0.909. The van der Waals surface area contributed by atoms with Gasteiger partial charge in [0.05, 0.1) is 0 Å². The van der Waals surface area contributed by atoms with Crippen LogP contribution in [-0.2, 0) is 6.42 Å². The van der Waals surface area contributed by atoms with E-state index < -0.39 is 0 Å². The smallest absolute Gasteiger partial charge is 0.160 e. The molecule has 0 saturated heterocycles. The topological polar surface area (TPSA) is 50.5 Å². The van der Waals surface area contributed by atoms with Crippen molar-refractivity contribution in [2.75, 3.05) is 20.6 Å². The quantitative estimate of drug-likeness (QED) is 0.707. The van der Waals surface area contributed by atoms with Crippen molar-refractivity contribution >= 4 is 11.9 Å². The first-order valence-electron chi connectivity index (χ1n) is 5.14. The molecule has 0 fully saturated rings. The van der Waals surface area contributed by atoms with Gasteiger partial charge in [0, 0.05) is 24.7 Å². The number of likely N-dealkylation sites (N-methyl/N-ethyl adjacent to an activating group) is 1. The summed E-state index contributed by atoms with van der Waals surface area (Å²) in [6, 6.07) is 3.54. The van der Waals surface area contributed by atoms with Crippen LogP contribution in [0.25, 0.3) is 5.65 Å². The summed E-state index contributed by atoms with van der Waals surface area (Å²) in [7, 11) is 4.03. The van der Waals surface area contributed by atoms with Gasteiger partial charge in [-0.15, -0.1) is 10.2 Å². The van der Waals surface area contributed by atoms with E-state index in [9.17, 15) is 4.79 Å². The van der Waals surface area contributed by atoms with Gasteiger partial charge in [0.2, 0.25) is 0 Å². The summed E-state index contributed by atoms with van der Waals surface area (Å²) in [4.78, 5) is 12.8. The Morgan fingerprint density at radius 1 is 1.38 bits per heavy atom. The standard InChI is InChI=1S/C11H14N4O/c1-14(2)6-5-11-13-12-10-4-3-9(8-16)7-15(10)11/h3-4,7-8H,5-6H2,1-2H3. The van der Waals surface area contributed by atoms with Crippen LogP contribution in [0.2, 0.25) is 0 Å². The zero-order chi connectivity index (χ0) is 11.5. The highest BCUT2D eigenvalue weighted by atomic mass is 16.1. The predicted molar refractivity (Wildman–Crippen MR) is 60.6 cm³/mol. The minimum atomic E-state index is 0.637. The molecule has 5 nitrogen and oxygen atoms in total. The van der Waals surface area contributed by atoms with Crippen molar-refractivity contribution in [3.8, 4) is 0 Å². The Balaban J connectivity index is 2.34. The molecule has 0 saturated carbocycles. The maximum absolute atomic E-state index is 10.7. The van der Waals surface area contributed by atoms with Gasteiger partial charge in [0.15, 0.2) is 11.9 Å². The molecule has 0 atom stereocenters. The number of nitrogens with zero attached hydrogens (tertiary/aromatic N) is 4. The van der Waals surface area contributed by atoms with Crippen LogP contribution in [0.4, 0.5) is 0 Å². The first-order chi connectivity index (χ1) is 7.70. The van der Waals surface area contributed by atoms with Crippen LogP contribution < -0.4 is 0 Å². The van der Waals surface area contributed by atoms with Gasteiger partial charge in [-0.1, -0.05) is 0 Å². The first kappa shape index (κ1) is 10.8. The predicted octanol–water partition coefficient (Wildman–Crippen LogP) is 0.646. The van der Waals surface area contributed by atoms with E-state index in [1.165, 1.54) is 0 Å². The molecule has 16 heavy (non-hydrogen) atoms. The summed E-state index contributed by atoms with van der Waals surface area (Å²) < 4.78 is 1.87. The van der Waals surface area contributed by atoms with Crippen molar-refractivity contribution in [3.63, 3.8) is 0 Å². The van der Waals surface area contributed by atoms with Crippen molar-refractivity contribution in [2.45, 2.75) is 6.42 Å². The molecule has 0 N–H and O–H groups in total. The van der Waals surface area contributed by atoms with E-state index in [-0.39, 0.29) is 0 Å². The largest absolute Gasteiger partial charge is 0.309 e. The van der Waals surface area contributed by atoms with E-state index in [1.807, 2.05) is 18.5 Å². The van der Waals surface area contributed by atoms with Crippen molar-refractivity contribution in [3.05, 3.63) is 29.7 Å². The average molecular weight is 218 g/mol. The number of carbonyl (C=O) groups excluding carboxylic acids is 1. The Morgan fingerprint density at radius 2 is 2.19 bits per heavy atom. The lowest BCUT2D eigenvalue weighted by atomic mass is 10.3. The monoisotopic (exact) mass is 218 g/mol. The van der Waals surface area contributed by atoms with Crippen LogP contribution >= 0.6 is 0 Å². The fourth-order valence-electron chi connectivity index (χ4n) is 1.52. The number of pyridine rings is 1. The summed E-state index contributed by atoms with van der Waals surface area (Å²) in [5.41, 5.74) is 1.41. The zero-order valence-corrected chi connectivity index (χ0v) is 9.42. The van der Waals surface area contributed by atoms with Crippen molar-refractivity contribution in [2.24, 2.45) is 0 Å². The second-order valence-corrected chi connectivity index (χ2v) is 3.98. The summed E-state index contributed by atoms with van der Waals surface area (Å²) in [6.07, 6.45) is 3.42. The third-order valence-electron chi connectivity index (χ3n) is 2.41. The van der Waals surface area contributed by atoms with E-state index in [2.05, 4.69) is 15.1 Å². The lowest BCUT2D eigenvalue weighted by Gasteiger charge is -2.07. The highest BCUT2D eigenvalue weighted by Gasteiger charge is 2.05. The molecule has 0 spiro atoms. The van der Waals surface area contributed by atoms with Crippen molar-refractivity contribution in [1.82, 2.24) is 19.5 Å². The molecule has 5 heteroatoms. The van der Waals surface area contributed by atoms with Gasteiger partial charge in [0.1, 0.15) is 5.82 Å². The summed E-state index contributed by atoms with van der Waals surface area (Å²) in [5.74, 6) is 0.882. The van der Waals surface area contributed by atoms with Crippen LogP contribution in [0.5, 0.6) is 0 Å². The van der Waals surface area contributed by atoms with E-state index in [0.29, 0.717) is 5.56 Å². The molecule has 0 amide bonds. The molecule has 2 heterocycles. The normalized spacial score (nSPS) is 11.2. The average Bonchev–Trinajstić information content (AvgIpc) is 2.68. The first-order valence-corrected chi connectivity index (χ1v) is 5.14. The highest BCUT2D eigenvalue weighted by molar-refractivity contribution is 5.74. The molecule has 84 valence electrons. The summed E-state index contributed by atoms with van der Waals surface area (Å²) >= 11 is 0. The fraction of sp³-hybridized carbons (Fsp3) is 0.364. The van der Waals surface area contributed by atoms with Gasteiger partial charge in [-0.25, -0.2) is 0 Å². The van der Waals surface area contributed by atoms with Gasteiger partial charge in [-0.3, -0.25) is 9.20 Å². The lowest BCUT2D eigenvalue weighted by Crippen LogP contribution is -2.16. The molecule has 0 aliphatic heterocycles. The second-order valence-electron chi connectivity index (χ2n) is 3.98.